The lowest BCUT2D eigenvalue weighted by Gasteiger charge is -2.09. The first-order valence-corrected chi connectivity index (χ1v) is 6.90. The molecular formula is C13H18N2O2S. The van der Waals surface area contributed by atoms with E-state index in [1.807, 2.05) is 18.2 Å². The zero-order valence-corrected chi connectivity index (χ0v) is 11.2. The maximum Gasteiger partial charge on any atom is 0.318 e. The number of hydrogen-bond acceptors (Lipinski definition) is 3. The highest BCUT2D eigenvalue weighted by molar-refractivity contribution is 8.00. The second kappa shape index (κ2) is 7.76. The fraction of sp³-hybridized carbons (Fsp3) is 0.385. The largest absolute Gasteiger partial charge is 0.351 e. The van der Waals surface area contributed by atoms with E-state index in [4.69, 9.17) is 5.73 Å². The summed E-state index contributed by atoms with van der Waals surface area (Å²) in [5.41, 5.74) is 6.18. The van der Waals surface area contributed by atoms with Gasteiger partial charge in [-0.15, -0.1) is 11.8 Å². The second-order valence-corrected chi connectivity index (χ2v) is 5.40. The summed E-state index contributed by atoms with van der Waals surface area (Å²) in [6.07, 6.45) is 2.00. The van der Waals surface area contributed by atoms with Crippen molar-refractivity contribution in [3.8, 4) is 0 Å². The normalized spacial score (nSPS) is 11.8. The summed E-state index contributed by atoms with van der Waals surface area (Å²) in [6, 6.07) is 9.42. The van der Waals surface area contributed by atoms with Gasteiger partial charge in [-0.05, 0) is 31.1 Å². The molecule has 0 bridgehead atoms. The molecule has 0 fully saturated rings. The van der Waals surface area contributed by atoms with Crippen LogP contribution in [0.15, 0.2) is 30.3 Å². The predicted molar refractivity (Wildman–Crippen MR) is 74.4 cm³/mol. The highest BCUT2D eigenvalue weighted by atomic mass is 32.2. The van der Waals surface area contributed by atoms with Crippen molar-refractivity contribution in [2.45, 2.75) is 25.0 Å². The van der Waals surface area contributed by atoms with Gasteiger partial charge in [-0.3, -0.25) is 10.1 Å². The van der Waals surface area contributed by atoms with Crippen LogP contribution in [-0.2, 0) is 11.2 Å². The van der Waals surface area contributed by atoms with E-state index in [2.05, 4.69) is 17.4 Å². The fourth-order valence-electron chi connectivity index (χ4n) is 1.48. The van der Waals surface area contributed by atoms with Crippen LogP contribution in [-0.4, -0.2) is 22.9 Å². The van der Waals surface area contributed by atoms with Crippen molar-refractivity contribution >= 4 is 23.7 Å². The Balaban J connectivity index is 2.18. The molecule has 1 aromatic rings. The van der Waals surface area contributed by atoms with E-state index in [9.17, 15) is 9.59 Å². The van der Waals surface area contributed by atoms with E-state index in [-0.39, 0.29) is 11.2 Å². The van der Waals surface area contributed by atoms with E-state index in [0.717, 1.165) is 18.6 Å². The van der Waals surface area contributed by atoms with Crippen molar-refractivity contribution in [3.63, 3.8) is 0 Å². The van der Waals surface area contributed by atoms with Crippen LogP contribution in [0.1, 0.15) is 18.9 Å². The smallest absolute Gasteiger partial charge is 0.318 e. The van der Waals surface area contributed by atoms with Gasteiger partial charge in [0.25, 0.3) is 0 Å². The molecule has 0 spiro atoms. The Labute approximate surface area is 111 Å². The Morgan fingerprint density at radius 1 is 1.33 bits per heavy atom. The number of nitrogens with one attached hydrogen (secondary N) is 1. The van der Waals surface area contributed by atoms with Gasteiger partial charge < -0.3 is 5.73 Å². The monoisotopic (exact) mass is 266 g/mol. The maximum atomic E-state index is 11.4. The lowest BCUT2D eigenvalue weighted by atomic mass is 10.1. The molecule has 3 N–H and O–H groups in total. The third kappa shape index (κ3) is 5.72. The molecule has 0 heterocycles. The number of aryl methyl sites for hydroxylation is 1. The van der Waals surface area contributed by atoms with Crippen molar-refractivity contribution in [2.24, 2.45) is 5.73 Å². The number of imide groups is 1. The van der Waals surface area contributed by atoms with Crippen LogP contribution in [0.25, 0.3) is 0 Å². The molecule has 1 aromatic carbocycles. The predicted octanol–water partition coefficient (Wildman–Crippen LogP) is 1.94. The van der Waals surface area contributed by atoms with Crippen LogP contribution in [0.5, 0.6) is 0 Å². The van der Waals surface area contributed by atoms with Gasteiger partial charge in [0, 0.05) is 0 Å². The lowest BCUT2D eigenvalue weighted by molar-refractivity contribution is -0.119. The molecule has 3 amide bonds. The average Bonchev–Trinajstić information content (AvgIpc) is 2.34. The first kappa shape index (κ1) is 14.6. The molecule has 0 aliphatic heterocycles. The molecule has 0 aliphatic carbocycles. The van der Waals surface area contributed by atoms with Crippen LogP contribution in [0, 0.1) is 0 Å². The second-order valence-electron chi connectivity index (χ2n) is 3.96. The van der Waals surface area contributed by atoms with Crippen LogP contribution in [0.2, 0.25) is 0 Å². The quantitative estimate of drug-likeness (QED) is 0.773. The third-order valence-electron chi connectivity index (χ3n) is 2.44. The summed E-state index contributed by atoms with van der Waals surface area (Å²) in [4.78, 5) is 21.9. The van der Waals surface area contributed by atoms with Crippen LogP contribution in [0.4, 0.5) is 4.79 Å². The van der Waals surface area contributed by atoms with E-state index >= 15 is 0 Å². The minimum atomic E-state index is -0.795. The third-order valence-corrected chi connectivity index (χ3v) is 3.67. The molecule has 0 saturated carbocycles. The SMILES string of the molecule is C[C@@H](SCCCc1ccccc1)C(=O)NC(N)=O. The van der Waals surface area contributed by atoms with Gasteiger partial charge in [0.15, 0.2) is 0 Å². The number of carbonyl (C=O) groups is 2. The molecule has 0 unspecified atom stereocenters. The Bertz CT molecular complexity index is 395. The van der Waals surface area contributed by atoms with Gasteiger partial charge >= 0.3 is 6.03 Å². The van der Waals surface area contributed by atoms with Crippen molar-refractivity contribution in [2.75, 3.05) is 5.75 Å². The Morgan fingerprint density at radius 2 is 2.00 bits per heavy atom. The number of urea groups is 1. The summed E-state index contributed by atoms with van der Waals surface area (Å²) in [5.74, 6) is 0.551. The van der Waals surface area contributed by atoms with Gasteiger partial charge in [0.2, 0.25) is 5.91 Å². The molecule has 4 nitrogen and oxygen atoms in total. The topological polar surface area (TPSA) is 72.2 Å². The molecule has 0 saturated heterocycles. The molecule has 0 aromatic heterocycles. The minimum Gasteiger partial charge on any atom is -0.351 e. The summed E-state index contributed by atoms with van der Waals surface area (Å²) in [6.45, 7) is 1.77. The molecule has 0 radical (unpaired) electrons. The molecule has 1 rings (SSSR count). The lowest BCUT2D eigenvalue weighted by Crippen LogP contribution is -2.39. The van der Waals surface area contributed by atoms with Crippen molar-refractivity contribution in [3.05, 3.63) is 35.9 Å². The number of primary amides is 1. The molecular weight excluding hydrogens is 248 g/mol. The summed E-state index contributed by atoms with van der Waals surface area (Å²) in [7, 11) is 0. The minimum absolute atomic E-state index is 0.256. The molecule has 5 heteroatoms. The first-order chi connectivity index (χ1) is 8.59. The van der Waals surface area contributed by atoms with Crippen molar-refractivity contribution in [1.29, 1.82) is 0 Å². The zero-order chi connectivity index (χ0) is 13.4. The number of amides is 3. The number of benzene rings is 1. The Hall–Kier alpha value is -1.49. The number of thioether (sulfide) groups is 1. The first-order valence-electron chi connectivity index (χ1n) is 5.85. The van der Waals surface area contributed by atoms with Gasteiger partial charge in [0.05, 0.1) is 5.25 Å². The van der Waals surface area contributed by atoms with E-state index in [1.54, 1.807) is 6.92 Å². The van der Waals surface area contributed by atoms with Gasteiger partial charge in [-0.25, -0.2) is 4.79 Å². The van der Waals surface area contributed by atoms with Gasteiger partial charge in [0.1, 0.15) is 0 Å². The van der Waals surface area contributed by atoms with Gasteiger partial charge in [-0.2, -0.15) is 0 Å². The highest BCUT2D eigenvalue weighted by Crippen LogP contribution is 2.13. The summed E-state index contributed by atoms with van der Waals surface area (Å²) < 4.78 is 0. The van der Waals surface area contributed by atoms with Crippen LogP contribution < -0.4 is 11.1 Å². The summed E-state index contributed by atoms with van der Waals surface area (Å²) >= 11 is 1.53. The average molecular weight is 266 g/mol. The molecule has 18 heavy (non-hydrogen) atoms. The maximum absolute atomic E-state index is 11.4. The Kier molecular flexibility index (Phi) is 6.28. The highest BCUT2D eigenvalue weighted by Gasteiger charge is 2.14. The number of hydrogen-bond donors (Lipinski definition) is 2. The number of carbonyl (C=O) groups excluding carboxylic acids is 2. The van der Waals surface area contributed by atoms with E-state index in [1.165, 1.54) is 17.3 Å². The molecule has 1 atom stereocenters. The van der Waals surface area contributed by atoms with E-state index in [0.29, 0.717) is 0 Å². The number of nitrogens with two attached hydrogens (primary N) is 1. The molecule has 0 aliphatic rings. The van der Waals surface area contributed by atoms with Gasteiger partial charge in [-0.1, -0.05) is 30.3 Å². The van der Waals surface area contributed by atoms with Crippen LogP contribution >= 0.6 is 11.8 Å². The fourth-order valence-corrected chi connectivity index (χ4v) is 2.35. The Morgan fingerprint density at radius 3 is 2.61 bits per heavy atom. The summed E-state index contributed by atoms with van der Waals surface area (Å²) in [5, 5.41) is 1.82. The van der Waals surface area contributed by atoms with Crippen molar-refractivity contribution < 1.29 is 9.59 Å². The van der Waals surface area contributed by atoms with E-state index < -0.39 is 6.03 Å². The zero-order valence-electron chi connectivity index (χ0n) is 10.4. The standard InChI is InChI=1S/C13H18N2O2S/c1-10(12(16)15-13(14)17)18-9-5-8-11-6-3-2-4-7-11/h2-4,6-7,10H,5,8-9H2,1H3,(H3,14,15,16,17)/t10-/m1/s1. The molecule has 98 valence electrons. The van der Waals surface area contributed by atoms with Crippen LogP contribution in [0.3, 0.4) is 0 Å². The number of rotatable bonds is 6. The van der Waals surface area contributed by atoms with Crippen molar-refractivity contribution in [1.82, 2.24) is 5.32 Å².